The first kappa shape index (κ1) is 14.9. The van der Waals surface area contributed by atoms with Crippen LogP contribution >= 0.6 is 15.9 Å². The maximum absolute atomic E-state index is 13.9. The number of carbonyl (C=O) groups excluding carboxylic acids is 1. The highest BCUT2D eigenvalue weighted by Gasteiger charge is 2.32. The van der Waals surface area contributed by atoms with Crippen LogP contribution in [0.25, 0.3) is 0 Å². The number of halogens is 3. The Bertz CT molecular complexity index is 579. The van der Waals surface area contributed by atoms with Crippen molar-refractivity contribution in [1.82, 2.24) is 0 Å². The van der Waals surface area contributed by atoms with E-state index in [0.717, 1.165) is 4.47 Å². The Kier molecular flexibility index (Phi) is 4.65. The van der Waals surface area contributed by atoms with Gasteiger partial charge in [0.1, 0.15) is 0 Å². The molecule has 0 aromatic heterocycles. The highest BCUT2D eigenvalue weighted by molar-refractivity contribution is 9.10. The fraction of sp³-hybridized carbons (Fsp3) is 0.188. The molecular formula is C16H13BrF2O. The van der Waals surface area contributed by atoms with Gasteiger partial charge in [-0.2, -0.15) is 0 Å². The third-order valence-electron chi connectivity index (χ3n) is 2.89. The Hall–Kier alpha value is -1.55. The number of ketones is 1. The molecule has 0 unspecified atom stereocenters. The molecule has 0 saturated carbocycles. The lowest BCUT2D eigenvalue weighted by atomic mass is 9.99. The zero-order chi connectivity index (χ0) is 14.6. The van der Waals surface area contributed by atoms with Crippen LogP contribution in [0.4, 0.5) is 8.78 Å². The van der Waals surface area contributed by atoms with Crippen LogP contribution in [0.2, 0.25) is 0 Å². The van der Waals surface area contributed by atoms with Crippen molar-refractivity contribution in [2.24, 2.45) is 0 Å². The van der Waals surface area contributed by atoms with E-state index in [2.05, 4.69) is 15.9 Å². The van der Waals surface area contributed by atoms with E-state index in [1.807, 2.05) is 0 Å². The summed E-state index contributed by atoms with van der Waals surface area (Å²) in [6.07, 6.45) is -1.19. The summed E-state index contributed by atoms with van der Waals surface area (Å²) in [5.74, 6) is -3.58. The van der Waals surface area contributed by atoms with Crippen molar-refractivity contribution in [2.45, 2.75) is 18.8 Å². The Labute approximate surface area is 124 Å². The minimum absolute atomic E-state index is 0.306. The molecule has 0 atom stereocenters. The molecule has 0 saturated heterocycles. The Morgan fingerprint density at radius 1 is 1.00 bits per heavy atom. The summed E-state index contributed by atoms with van der Waals surface area (Å²) in [6.45, 7) is 0. The molecule has 0 fully saturated rings. The molecule has 20 heavy (non-hydrogen) atoms. The van der Waals surface area contributed by atoms with Crippen molar-refractivity contribution < 1.29 is 13.6 Å². The van der Waals surface area contributed by atoms with E-state index in [1.54, 1.807) is 54.6 Å². The summed E-state index contributed by atoms with van der Waals surface area (Å²) in [5.41, 5.74) is 0.835. The van der Waals surface area contributed by atoms with Gasteiger partial charge in [0.2, 0.25) is 0 Å². The molecular weight excluding hydrogens is 326 g/mol. The number of carbonyl (C=O) groups is 1. The van der Waals surface area contributed by atoms with Crippen LogP contribution in [-0.2, 0) is 6.42 Å². The second-order valence-electron chi connectivity index (χ2n) is 4.63. The lowest BCUT2D eigenvalue weighted by molar-refractivity contribution is -0.00215. The van der Waals surface area contributed by atoms with Crippen LogP contribution in [0.1, 0.15) is 22.3 Å². The van der Waals surface area contributed by atoms with Gasteiger partial charge in [-0.25, -0.2) is 8.78 Å². The third kappa shape index (κ3) is 4.23. The quantitative estimate of drug-likeness (QED) is 0.708. The second-order valence-corrected chi connectivity index (χ2v) is 5.54. The van der Waals surface area contributed by atoms with Crippen molar-refractivity contribution in [3.63, 3.8) is 0 Å². The molecule has 0 bridgehead atoms. The minimum atomic E-state index is -3.04. The zero-order valence-corrected chi connectivity index (χ0v) is 12.2. The average molecular weight is 339 g/mol. The SMILES string of the molecule is O=C(CC(F)(F)Cc1ccccc1)c1ccc(Br)cc1. The maximum atomic E-state index is 13.9. The number of Topliss-reactive ketones (excluding diaryl/α,β-unsaturated/α-hetero) is 1. The van der Waals surface area contributed by atoms with Crippen molar-refractivity contribution in [3.05, 3.63) is 70.2 Å². The molecule has 2 rings (SSSR count). The number of benzene rings is 2. The summed E-state index contributed by atoms with van der Waals surface area (Å²) in [4.78, 5) is 11.9. The van der Waals surface area contributed by atoms with Gasteiger partial charge in [-0.15, -0.1) is 0 Å². The fourth-order valence-electron chi connectivity index (χ4n) is 1.93. The lowest BCUT2D eigenvalue weighted by Gasteiger charge is -2.15. The van der Waals surface area contributed by atoms with Gasteiger partial charge >= 0.3 is 0 Å². The molecule has 104 valence electrons. The van der Waals surface area contributed by atoms with Crippen molar-refractivity contribution in [3.8, 4) is 0 Å². The fourth-order valence-corrected chi connectivity index (χ4v) is 2.19. The number of alkyl halides is 2. The Balaban J connectivity index is 2.04. The number of hydrogen-bond acceptors (Lipinski definition) is 1. The van der Waals surface area contributed by atoms with Crippen molar-refractivity contribution in [2.75, 3.05) is 0 Å². The van der Waals surface area contributed by atoms with Crippen molar-refractivity contribution >= 4 is 21.7 Å². The van der Waals surface area contributed by atoms with E-state index >= 15 is 0 Å². The van der Waals surface area contributed by atoms with E-state index in [0.29, 0.717) is 11.1 Å². The van der Waals surface area contributed by atoms with Crippen LogP contribution in [-0.4, -0.2) is 11.7 Å². The van der Waals surface area contributed by atoms with Gasteiger partial charge in [0.05, 0.1) is 6.42 Å². The first-order chi connectivity index (χ1) is 9.46. The summed E-state index contributed by atoms with van der Waals surface area (Å²) in [6, 6.07) is 14.9. The lowest BCUT2D eigenvalue weighted by Crippen LogP contribution is -2.24. The maximum Gasteiger partial charge on any atom is 0.259 e. The third-order valence-corrected chi connectivity index (χ3v) is 3.42. The second kappa shape index (κ2) is 6.27. The van der Waals surface area contributed by atoms with E-state index in [1.165, 1.54) is 0 Å². The smallest absolute Gasteiger partial charge is 0.259 e. The summed E-state index contributed by atoms with van der Waals surface area (Å²) >= 11 is 3.24. The van der Waals surface area contributed by atoms with E-state index < -0.39 is 24.5 Å². The number of hydrogen-bond donors (Lipinski definition) is 0. The number of rotatable bonds is 5. The molecule has 0 amide bonds. The molecule has 2 aromatic carbocycles. The first-order valence-corrected chi connectivity index (χ1v) is 6.96. The van der Waals surface area contributed by atoms with Crippen LogP contribution in [0.5, 0.6) is 0 Å². The van der Waals surface area contributed by atoms with E-state index in [-0.39, 0.29) is 0 Å². The van der Waals surface area contributed by atoms with Gasteiger partial charge < -0.3 is 0 Å². The van der Waals surface area contributed by atoms with Gasteiger partial charge in [-0.05, 0) is 17.7 Å². The molecule has 0 N–H and O–H groups in total. The molecule has 0 radical (unpaired) electrons. The van der Waals surface area contributed by atoms with Crippen LogP contribution in [0, 0.1) is 0 Å². The molecule has 4 heteroatoms. The summed E-state index contributed by atoms with van der Waals surface area (Å²) < 4.78 is 28.6. The first-order valence-electron chi connectivity index (χ1n) is 6.17. The van der Waals surface area contributed by atoms with E-state index in [4.69, 9.17) is 0 Å². The van der Waals surface area contributed by atoms with Crippen LogP contribution in [0.3, 0.4) is 0 Å². The normalized spacial score (nSPS) is 11.3. The van der Waals surface area contributed by atoms with Gasteiger partial charge in [-0.1, -0.05) is 58.4 Å². The van der Waals surface area contributed by atoms with Crippen LogP contribution in [0.15, 0.2) is 59.1 Å². The largest absolute Gasteiger partial charge is 0.294 e. The Morgan fingerprint density at radius 2 is 1.60 bits per heavy atom. The molecule has 0 aliphatic carbocycles. The van der Waals surface area contributed by atoms with Crippen molar-refractivity contribution in [1.29, 1.82) is 0 Å². The predicted molar refractivity (Wildman–Crippen MR) is 78.2 cm³/mol. The van der Waals surface area contributed by atoms with E-state index in [9.17, 15) is 13.6 Å². The molecule has 0 spiro atoms. The molecule has 1 nitrogen and oxygen atoms in total. The molecule has 0 heterocycles. The topological polar surface area (TPSA) is 17.1 Å². The minimum Gasteiger partial charge on any atom is -0.294 e. The average Bonchev–Trinajstić information content (AvgIpc) is 2.39. The molecule has 2 aromatic rings. The monoisotopic (exact) mass is 338 g/mol. The van der Waals surface area contributed by atoms with Gasteiger partial charge in [0, 0.05) is 16.5 Å². The standard InChI is InChI=1S/C16H13BrF2O/c17-14-8-6-13(7-9-14)15(20)11-16(18,19)10-12-4-2-1-3-5-12/h1-9H,10-11H2. The zero-order valence-electron chi connectivity index (χ0n) is 10.7. The highest BCUT2D eigenvalue weighted by atomic mass is 79.9. The van der Waals surface area contributed by atoms with Gasteiger partial charge in [0.15, 0.2) is 5.78 Å². The molecule has 0 aliphatic rings. The predicted octanol–water partition coefficient (Wildman–Crippen LogP) is 4.90. The summed E-state index contributed by atoms with van der Waals surface area (Å²) in [7, 11) is 0. The highest BCUT2D eigenvalue weighted by Crippen LogP contribution is 2.26. The van der Waals surface area contributed by atoms with Gasteiger partial charge in [-0.3, -0.25) is 4.79 Å². The Morgan fingerprint density at radius 3 is 2.20 bits per heavy atom. The van der Waals surface area contributed by atoms with Crippen LogP contribution < -0.4 is 0 Å². The summed E-state index contributed by atoms with van der Waals surface area (Å²) in [5, 5.41) is 0. The molecule has 0 aliphatic heterocycles. The van der Waals surface area contributed by atoms with Gasteiger partial charge in [0.25, 0.3) is 5.92 Å².